The maximum absolute atomic E-state index is 13.1. The Morgan fingerprint density at radius 3 is 2.50 bits per heavy atom. The lowest BCUT2D eigenvalue weighted by molar-refractivity contribution is -0.131. The van der Waals surface area contributed by atoms with Gasteiger partial charge in [0.25, 0.3) is 5.91 Å². The van der Waals surface area contributed by atoms with Crippen molar-refractivity contribution in [2.45, 2.75) is 71.9 Å². The first-order valence-corrected chi connectivity index (χ1v) is 9.63. The van der Waals surface area contributed by atoms with Crippen LogP contribution in [-0.2, 0) is 9.53 Å². The highest BCUT2D eigenvalue weighted by atomic mass is 16.6. The lowest BCUT2D eigenvalue weighted by atomic mass is 9.90. The third kappa shape index (κ3) is 5.43. The molecule has 7 nitrogen and oxygen atoms in total. The van der Waals surface area contributed by atoms with Crippen LogP contribution in [0.15, 0.2) is 4.99 Å². The maximum atomic E-state index is 13.1. The van der Waals surface area contributed by atoms with Gasteiger partial charge < -0.3 is 15.4 Å². The fourth-order valence-corrected chi connectivity index (χ4v) is 3.67. The van der Waals surface area contributed by atoms with Gasteiger partial charge in [0.05, 0.1) is 0 Å². The van der Waals surface area contributed by atoms with E-state index in [0.717, 1.165) is 25.9 Å². The lowest BCUT2D eigenvalue weighted by Gasteiger charge is -2.28. The molecule has 0 radical (unpaired) electrons. The van der Waals surface area contributed by atoms with Crippen molar-refractivity contribution in [1.29, 1.82) is 0 Å². The first-order valence-electron chi connectivity index (χ1n) is 9.63. The van der Waals surface area contributed by atoms with Crippen LogP contribution >= 0.6 is 0 Å². The average molecular weight is 367 g/mol. The Bertz CT molecular complexity index is 562. The highest BCUT2D eigenvalue weighted by Crippen LogP contribution is 2.27. The van der Waals surface area contributed by atoms with Gasteiger partial charge in [-0.3, -0.25) is 9.69 Å². The molecule has 2 fully saturated rings. The summed E-state index contributed by atoms with van der Waals surface area (Å²) in [4.78, 5) is 31.1. The quantitative estimate of drug-likeness (QED) is 0.799. The van der Waals surface area contributed by atoms with Crippen molar-refractivity contribution >= 4 is 18.0 Å². The molecule has 1 unspecified atom stereocenters. The molecule has 2 N–H and O–H groups in total. The second-order valence-electron chi connectivity index (χ2n) is 9.08. The lowest BCUT2D eigenvalue weighted by Crippen LogP contribution is -2.45. The summed E-state index contributed by atoms with van der Waals surface area (Å²) in [6.45, 7) is 14.0. The standard InChI is InChI=1S/C19H34N4O3/c1-13(2)11-19(6)15(24)23(12-14-7-9-20-10-8-14)16(22-19)21-17(25)26-18(3,4)5/h13-14,20H,7-12H2,1-6H3,(H,21,22,25). The minimum atomic E-state index is -0.734. The Kier molecular flexibility index (Phi) is 6.32. The molecule has 1 atom stereocenters. The van der Waals surface area contributed by atoms with Gasteiger partial charge in [-0.25, -0.2) is 4.79 Å². The molecular weight excluding hydrogens is 332 g/mol. The van der Waals surface area contributed by atoms with Gasteiger partial charge in [-0.1, -0.05) is 13.8 Å². The monoisotopic (exact) mass is 366 g/mol. The summed E-state index contributed by atoms with van der Waals surface area (Å²) in [5.74, 6) is 1.07. The van der Waals surface area contributed by atoms with Gasteiger partial charge in [0, 0.05) is 6.54 Å². The minimum Gasteiger partial charge on any atom is -0.442 e. The van der Waals surface area contributed by atoms with Crippen molar-refractivity contribution < 1.29 is 14.3 Å². The first-order chi connectivity index (χ1) is 12.0. The zero-order chi connectivity index (χ0) is 19.5. The van der Waals surface area contributed by atoms with Crippen molar-refractivity contribution in [1.82, 2.24) is 15.5 Å². The molecule has 0 aromatic carbocycles. The number of carbonyl (C=O) groups excluding carboxylic acids is 2. The number of piperidine rings is 1. The highest BCUT2D eigenvalue weighted by Gasteiger charge is 2.47. The molecule has 148 valence electrons. The van der Waals surface area contributed by atoms with Crippen LogP contribution in [0.3, 0.4) is 0 Å². The van der Waals surface area contributed by atoms with Gasteiger partial charge in [-0.15, -0.1) is 4.99 Å². The van der Waals surface area contributed by atoms with Crippen LogP contribution < -0.4 is 10.6 Å². The number of guanidine groups is 1. The third-order valence-electron chi connectivity index (χ3n) is 4.67. The molecule has 0 aromatic heterocycles. The summed E-state index contributed by atoms with van der Waals surface area (Å²) >= 11 is 0. The van der Waals surface area contributed by atoms with Gasteiger partial charge in [-0.05, 0) is 71.9 Å². The number of carbonyl (C=O) groups is 2. The predicted octanol–water partition coefficient (Wildman–Crippen LogP) is 2.51. The van der Waals surface area contributed by atoms with E-state index in [1.165, 1.54) is 0 Å². The Labute approximate surface area is 156 Å². The van der Waals surface area contributed by atoms with Gasteiger partial charge in [-0.2, -0.15) is 0 Å². The molecule has 7 heteroatoms. The molecule has 0 aliphatic carbocycles. The number of hydrogen-bond acceptors (Lipinski definition) is 4. The van der Waals surface area contributed by atoms with Crippen LogP contribution in [0.5, 0.6) is 0 Å². The molecule has 0 spiro atoms. The first kappa shape index (κ1) is 20.7. The number of amides is 2. The van der Waals surface area contributed by atoms with Crippen LogP contribution in [0.4, 0.5) is 4.79 Å². The third-order valence-corrected chi connectivity index (χ3v) is 4.67. The van der Waals surface area contributed by atoms with Crippen LogP contribution in [-0.4, -0.2) is 53.6 Å². The van der Waals surface area contributed by atoms with Crippen molar-refractivity contribution in [2.75, 3.05) is 19.6 Å². The number of rotatable bonds is 4. The van der Waals surface area contributed by atoms with Crippen molar-refractivity contribution in [3.63, 3.8) is 0 Å². The van der Waals surface area contributed by atoms with E-state index in [1.54, 1.807) is 25.7 Å². The Morgan fingerprint density at radius 1 is 1.35 bits per heavy atom. The molecule has 26 heavy (non-hydrogen) atoms. The zero-order valence-electron chi connectivity index (χ0n) is 17.0. The van der Waals surface area contributed by atoms with Crippen LogP contribution in [0.2, 0.25) is 0 Å². The van der Waals surface area contributed by atoms with E-state index in [9.17, 15) is 9.59 Å². The summed E-state index contributed by atoms with van der Waals surface area (Å²) in [6, 6.07) is 0. The van der Waals surface area contributed by atoms with E-state index in [1.807, 2.05) is 6.92 Å². The van der Waals surface area contributed by atoms with E-state index < -0.39 is 17.2 Å². The summed E-state index contributed by atoms with van der Waals surface area (Å²) in [7, 11) is 0. The zero-order valence-corrected chi connectivity index (χ0v) is 17.0. The number of aliphatic imine (C=N–C) groups is 1. The van der Waals surface area contributed by atoms with E-state index >= 15 is 0 Å². The minimum absolute atomic E-state index is 0.00737. The van der Waals surface area contributed by atoms with Crippen molar-refractivity contribution in [3.8, 4) is 0 Å². The van der Waals surface area contributed by atoms with Gasteiger partial charge in [0.1, 0.15) is 11.1 Å². The Morgan fingerprint density at radius 2 is 1.96 bits per heavy atom. The average Bonchev–Trinajstić information content (AvgIpc) is 2.70. The molecule has 0 bridgehead atoms. The Hall–Kier alpha value is -1.63. The molecule has 2 saturated heterocycles. The van der Waals surface area contributed by atoms with E-state index in [2.05, 4.69) is 29.5 Å². The van der Waals surface area contributed by atoms with Crippen LogP contribution in [0, 0.1) is 11.8 Å². The highest BCUT2D eigenvalue weighted by molar-refractivity contribution is 6.10. The molecule has 0 saturated carbocycles. The second-order valence-corrected chi connectivity index (χ2v) is 9.08. The fourth-order valence-electron chi connectivity index (χ4n) is 3.67. The second kappa shape index (κ2) is 7.94. The molecule has 2 rings (SSSR count). The largest absolute Gasteiger partial charge is 0.442 e. The summed E-state index contributed by atoms with van der Waals surface area (Å²) in [5.41, 5.74) is -1.35. The van der Waals surface area contributed by atoms with E-state index in [-0.39, 0.29) is 5.91 Å². The van der Waals surface area contributed by atoms with Gasteiger partial charge in [0.2, 0.25) is 5.96 Å². The van der Waals surface area contributed by atoms with Crippen molar-refractivity contribution in [2.24, 2.45) is 16.8 Å². The number of ether oxygens (including phenoxy) is 1. The summed E-state index contributed by atoms with van der Waals surface area (Å²) in [5, 5.41) is 6.55. The predicted molar refractivity (Wildman–Crippen MR) is 102 cm³/mol. The number of hydrogen-bond donors (Lipinski definition) is 2. The van der Waals surface area contributed by atoms with Gasteiger partial charge >= 0.3 is 6.09 Å². The Balaban J connectivity index is 2.22. The fraction of sp³-hybridized carbons (Fsp3) is 0.842. The maximum Gasteiger partial charge on any atom is 0.437 e. The molecule has 2 heterocycles. The number of nitrogens with zero attached hydrogens (tertiary/aromatic N) is 2. The smallest absolute Gasteiger partial charge is 0.437 e. The molecule has 2 amide bonds. The van der Waals surface area contributed by atoms with Gasteiger partial charge in [0.15, 0.2) is 0 Å². The van der Waals surface area contributed by atoms with E-state index in [4.69, 9.17) is 4.74 Å². The summed E-state index contributed by atoms with van der Waals surface area (Å²) in [6.07, 6.45) is 2.05. The SMILES string of the molecule is CC(C)CC1(C)NC(=NC(=O)OC(C)(C)C)N(CC2CCNCC2)C1=O. The molecule has 0 aromatic rings. The summed E-state index contributed by atoms with van der Waals surface area (Å²) < 4.78 is 5.31. The number of nitrogens with one attached hydrogen (secondary N) is 2. The molecule has 2 aliphatic heterocycles. The molecular formula is C19H34N4O3. The molecule has 2 aliphatic rings. The van der Waals surface area contributed by atoms with Crippen LogP contribution in [0.1, 0.15) is 60.8 Å². The van der Waals surface area contributed by atoms with Crippen molar-refractivity contribution in [3.05, 3.63) is 0 Å². The normalized spacial score (nSPS) is 26.5. The van der Waals surface area contributed by atoms with Crippen LogP contribution in [0.25, 0.3) is 0 Å². The van der Waals surface area contributed by atoms with E-state index in [0.29, 0.717) is 30.8 Å². The topological polar surface area (TPSA) is 83.0 Å².